The van der Waals surface area contributed by atoms with Gasteiger partial charge in [-0.1, -0.05) is 47.5 Å². The summed E-state index contributed by atoms with van der Waals surface area (Å²) in [4.78, 5) is 0.525. The van der Waals surface area contributed by atoms with Crippen molar-refractivity contribution in [2.24, 2.45) is 11.3 Å². The molecule has 0 aromatic rings. The molecule has 0 radical (unpaired) electrons. The lowest BCUT2D eigenvalue weighted by atomic mass is 9.66. The van der Waals surface area contributed by atoms with E-state index in [1.807, 2.05) is 6.92 Å². The van der Waals surface area contributed by atoms with Crippen LogP contribution in [0.4, 0.5) is 0 Å². The molecule has 3 atom stereocenters. The van der Waals surface area contributed by atoms with E-state index in [0.717, 1.165) is 19.3 Å². The monoisotopic (exact) mass is 300 g/mol. The highest BCUT2D eigenvalue weighted by Crippen LogP contribution is 2.47. The van der Waals surface area contributed by atoms with Gasteiger partial charge in [-0.15, -0.1) is 6.58 Å². The van der Waals surface area contributed by atoms with E-state index < -0.39 is 5.60 Å². The molecule has 1 nitrogen and oxygen atoms in total. The molecule has 1 aliphatic carbocycles. The van der Waals surface area contributed by atoms with Crippen LogP contribution in [0.1, 0.15) is 47.0 Å². The van der Waals surface area contributed by atoms with Crippen LogP contribution in [0.2, 0.25) is 0 Å². The van der Waals surface area contributed by atoms with Crippen LogP contribution in [0.25, 0.3) is 0 Å². The van der Waals surface area contributed by atoms with Crippen molar-refractivity contribution in [2.75, 3.05) is 0 Å². The molecule has 0 spiro atoms. The van der Waals surface area contributed by atoms with Crippen molar-refractivity contribution in [3.8, 4) is 0 Å². The van der Waals surface area contributed by atoms with Crippen LogP contribution in [-0.4, -0.2) is 15.5 Å². The molecule has 0 amide bonds. The van der Waals surface area contributed by atoms with Crippen LogP contribution in [0.5, 0.6) is 0 Å². The predicted molar refractivity (Wildman–Crippen MR) is 78.4 cm³/mol. The zero-order valence-corrected chi connectivity index (χ0v) is 13.0. The highest BCUT2D eigenvalue weighted by molar-refractivity contribution is 9.09. The molecule has 0 heterocycles. The van der Waals surface area contributed by atoms with E-state index in [2.05, 4.69) is 49.4 Å². The van der Waals surface area contributed by atoms with Crippen molar-refractivity contribution in [3.05, 3.63) is 24.3 Å². The van der Waals surface area contributed by atoms with Crippen molar-refractivity contribution in [3.63, 3.8) is 0 Å². The van der Waals surface area contributed by atoms with Gasteiger partial charge in [-0.05, 0) is 44.4 Å². The van der Waals surface area contributed by atoms with Gasteiger partial charge < -0.3 is 5.11 Å². The maximum Gasteiger partial charge on any atom is 0.0797 e. The molecule has 98 valence electrons. The van der Waals surface area contributed by atoms with Crippen LogP contribution in [-0.2, 0) is 0 Å². The second-order valence-electron chi connectivity index (χ2n) is 6.13. The van der Waals surface area contributed by atoms with Crippen molar-refractivity contribution in [1.82, 2.24) is 0 Å². The largest absolute Gasteiger partial charge is 0.386 e. The summed E-state index contributed by atoms with van der Waals surface area (Å²) in [6.07, 6.45) is 6.87. The van der Waals surface area contributed by atoms with Crippen molar-refractivity contribution in [2.45, 2.75) is 57.4 Å². The summed E-state index contributed by atoms with van der Waals surface area (Å²) in [7, 11) is 0. The number of allylic oxidation sites excluding steroid dienone is 2. The molecular formula is C15H25BrO. The van der Waals surface area contributed by atoms with Crippen LogP contribution in [0, 0.1) is 11.3 Å². The fourth-order valence-corrected chi connectivity index (χ4v) is 3.18. The molecule has 0 aromatic carbocycles. The molecule has 0 saturated heterocycles. The van der Waals surface area contributed by atoms with E-state index in [9.17, 15) is 5.11 Å². The molecule has 1 rings (SSSR count). The Bertz CT molecular complexity index is 315. The third-order valence-corrected chi connectivity index (χ3v) is 5.83. The van der Waals surface area contributed by atoms with Crippen LogP contribution in [0.15, 0.2) is 24.3 Å². The second-order valence-corrected chi connectivity index (χ2v) is 7.23. The summed E-state index contributed by atoms with van der Waals surface area (Å²) >= 11 is 3.79. The quantitative estimate of drug-likeness (QED) is 0.600. The molecule has 0 aliphatic heterocycles. The maximum absolute atomic E-state index is 10.0. The highest BCUT2D eigenvalue weighted by Gasteiger charge is 2.39. The Hall–Kier alpha value is -0.0800. The molecule has 17 heavy (non-hydrogen) atoms. The number of alkyl halides is 1. The van der Waals surface area contributed by atoms with Gasteiger partial charge in [-0.2, -0.15) is 0 Å². The predicted octanol–water partition coefficient (Wildman–Crippen LogP) is 4.46. The van der Waals surface area contributed by atoms with E-state index >= 15 is 0 Å². The summed E-state index contributed by atoms with van der Waals surface area (Å²) in [5, 5.41) is 10.0. The third kappa shape index (κ3) is 3.45. The summed E-state index contributed by atoms with van der Waals surface area (Å²) in [6, 6.07) is 0. The highest BCUT2D eigenvalue weighted by atomic mass is 79.9. The van der Waals surface area contributed by atoms with Gasteiger partial charge in [0, 0.05) is 4.83 Å². The Morgan fingerprint density at radius 3 is 2.76 bits per heavy atom. The summed E-state index contributed by atoms with van der Waals surface area (Å²) in [5.41, 5.74) is 0.969. The van der Waals surface area contributed by atoms with Crippen molar-refractivity contribution >= 4 is 15.9 Å². The van der Waals surface area contributed by atoms with E-state index in [1.54, 1.807) is 6.08 Å². The van der Waals surface area contributed by atoms with E-state index in [4.69, 9.17) is 0 Å². The minimum Gasteiger partial charge on any atom is -0.386 e. The third-order valence-electron chi connectivity index (χ3n) is 4.28. The Morgan fingerprint density at radius 2 is 2.24 bits per heavy atom. The first kappa shape index (κ1) is 15.0. The SMILES string of the molecule is C=CC(C)(O)CCC1C(C)=CCC(Br)C1(C)C. The average molecular weight is 301 g/mol. The molecular weight excluding hydrogens is 276 g/mol. The first-order chi connectivity index (χ1) is 7.70. The van der Waals surface area contributed by atoms with Gasteiger partial charge in [0.15, 0.2) is 0 Å². The summed E-state index contributed by atoms with van der Waals surface area (Å²) in [6.45, 7) is 12.4. The molecule has 3 unspecified atom stereocenters. The van der Waals surface area contributed by atoms with Crippen molar-refractivity contribution < 1.29 is 5.11 Å². The Morgan fingerprint density at radius 1 is 1.65 bits per heavy atom. The van der Waals surface area contributed by atoms with Crippen LogP contribution < -0.4 is 0 Å². The average Bonchev–Trinajstić information content (AvgIpc) is 2.23. The van der Waals surface area contributed by atoms with E-state index in [1.165, 1.54) is 5.57 Å². The zero-order valence-electron chi connectivity index (χ0n) is 11.5. The normalized spacial score (nSPS) is 31.5. The minimum atomic E-state index is -0.740. The lowest BCUT2D eigenvalue weighted by molar-refractivity contribution is 0.0839. The Balaban J connectivity index is 2.77. The smallest absolute Gasteiger partial charge is 0.0797 e. The van der Waals surface area contributed by atoms with Gasteiger partial charge in [0.25, 0.3) is 0 Å². The standard InChI is InChI=1S/C15H25BrO/c1-6-15(5,17)10-9-12-11(2)7-8-13(16)14(12,3)4/h6-7,12-13,17H,1,8-10H2,2-5H3. The Kier molecular flexibility index (Phi) is 4.65. The first-order valence-electron chi connectivity index (χ1n) is 6.37. The molecule has 1 N–H and O–H groups in total. The zero-order chi connectivity index (χ0) is 13.3. The lowest BCUT2D eigenvalue weighted by Crippen LogP contribution is -2.37. The molecule has 0 bridgehead atoms. The molecule has 2 heteroatoms. The maximum atomic E-state index is 10.0. The fourth-order valence-electron chi connectivity index (χ4n) is 2.68. The van der Waals surface area contributed by atoms with Gasteiger partial charge in [0.1, 0.15) is 0 Å². The number of rotatable bonds is 4. The fraction of sp³-hybridized carbons (Fsp3) is 0.733. The van der Waals surface area contributed by atoms with Crippen LogP contribution >= 0.6 is 15.9 Å². The number of hydrogen-bond acceptors (Lipinski definition) is 1. The number of hydrogen-bond donors (Lipinski definition) is 1. The van der Waals surface area contributed by atoms with Gasteiger partial charge in [-0.25, -0.2) is 0 Å². The molecule has 0 fully saturated rings. The van der Waals surface area contributed by atoms with E-state index in [0.29, 0.717) is 10.7 Å². The summed E-state index contributed by atoms with van der Waals surface area (Å²) < 4.78 is 0. The lowest BCUT2D eigenvalue weighted by Gasteiger charge is -2.43. The van der Waals surface area contributed by atoms with Gasteiger partial charge in [-0.3, -0.25) is 0 Å². The molecule has 0 aromatic heterocycles. The van der Waals surface area contributed by atoms with Crippen LogP contribution in [0.3, 0.4) is 0 Å². The molecule has 0 saturated carbocycles. The van der Waals surface area contributed by atoms with E-state index in [-0.39, 0.29) is 5.41 Å². The molecule has 1 aliphatic rings. The first-order valence-corrected chi connectivity index (χ1v) is 7.29. The minimum absolute atomic E-state index is 0.246. The van der Waals surface area contributed by atoms with Gasteiger partial charge >= 0.3 is 0 Å². The summed E-state index contributed by atoms with van der Waals surface area (Å²) in [5.74, 6) is 0.534. The number of halogens is 1. The second kappa shape index (κ2) is 5.27. The van der Waals surface area contributed by atoms with Gasteiger partial charge in [0.05, 0.1) is 5.60 Å². The van der Waals surface area contributed by atoms with Crippen molar-refractivity contribution in [1.29, 1.82) is 0 Å². The topological polar surface area (TPSA) is 20.2 Å². The number of aliphatic hydroxyl groups is 1. The van der Waals surface area contributed by atoms with Gasteiger partial charge in [0.2, 0.25) is 0 Å². The Labute approximate surface area is 114 Å².